The van der Waals surface area contributed by atoms with Gasteiger partial charge in [-0.15, -0.1) is 0 Å². The first-order valence-corrected chi connectivity index (χ1v) is 22.3. The Labute approximate surface area is 363 Å². The Bertz CT molecular complexity index is 1560. The molecule has 3 saturated carbocycles. The van der Waals surface area contributed by atoms with E-state index in [1.54, 1.807) is 0 Å². The zero-order valence-corrected chi connectivity index (χ0v) is 37.0. The van der Waals surface area contributed by atoms with Crippen LogP contribution in [0, 0.1) is 33.5 Å². The second-order valence-electron chi connectivity index (χ2n) is 20.6. The molecule has 18 nitrogen and oxygen atoms in total. The summed E-state index contributed by atoms with van der Waals surface area (Å²) >= 11 is 0. The van der Waals surface area contributed by atoms with E-state index in [0.717, 1.165) is 25.7 Å². The number of aliphatic carboxylic acids is 1. The SMILES string of the molecule is C=C(C)[C@H](CC[C@@H]1C(C)(C)CCC2(C)[C@](C)(C(=O)O)CCC[C@@]12C)OC[C@@H]1OC(CO)C2(OC[C@@H]3OC(CO)[C@@H](O)C(O)C3O)CC(C1O[C@@H]1OC(CO)[C@@H](O)C(O)C1O)[C@@H]2O. The molecule has 18 heteroatoms. The first kappa shape index (κ1) is 50.0. The summed E-state index contributed by atoms with van der Waals surface area (Å²) in [6.07, 6.45) is -15.7. The summed E-state index contributed by atoms with van der Waals surface area (Å²) in [5.74, 6) is -1.46. The predicted octanol–water partition coefficient (Wildman–Crippen LogP) is -0.625. The lowest BCUT2D eigenvalue weighted by atomic mass is 9.36. The van der Waals surface area contributed by atoms with Gasteiger partial charge in [-0.05, 0) is 81.0 Å². The molecule has 0 spiro atoms. The van der Waals surface area contributed by atoms with Crippen LogP contribution in [0.15, 0.2) is 12.2 Å². The Kier molecular flexibility index (Phi) is 15.1. The fraction of sp³-hybridized carbons (Fsp3) is 0.932. The summed E-state index contributed by atoms with van der Waals surface area (Å²) < 4.78 is 37.1. The van der Waals surface area contributed by atoms with Crippen molar-refractivity contribution in [2.75, 3.05) is 33.0 Å². The summed E-state index contributed by atoms with van der Waals surface area (Å²) in [4.78, 5) is 12.9. The van der Waals surface area contributed by atoms with Crippen molar-refractivity contribution in [2.45, 2.75) is 190 Å². The van der Waals surface area contributed by atoms with Crippen molar-refractivity contribution in [1.29, 1.82) is 0 Å². The average Bonchev–Trinajstić information content (AvgIpc) is 3.41. The Balaban J connectivity index is 1.25. The molecule has 4 saturated heterocycles. The molecule has 0 aromatic rings. The molecule has 0 aromatic carbocycles. The third-order valence-electron chi connectivity index (χ3n) is 17.0. The molecule has 11 unspecified atom stereocenters. The fourth-order valence-corrected chi connectivity index (χ4v) is 12.5. The highest BCUT2D eigenvalue weighted by molar-refractivity contribution is 5.76. The molecule has 0 radical (unpaired) electrons. The maximum Gasteiger partial charge on any atom is 0.309 e. The van der Waals surface area contributed by atoms with Gasteiger partial charge in [-0.2, -0.15) is 0 Å². The third-order valence-corrected chi connectivity index (χ3v) is 17.0. The van der Waals surface area contributed by atoms with E-state index in [2.05, 4.69) is 34.3 Å². The standard InChI is InChI=1S/C44H74O18/c1-21(2)23(9-10-28-40(3,4)13-14-43(7)41(28,5)11-8-12-42(43,6)39(55)56)57-19-27-36(62-38-35(53)34(52)31(49)25(17-46)61-38)22-15-44(37(22)54,29(18-47)60-27)58-20-26-32(50)33(51)30(48)24(16-45)59-26/h22-38,45-54H,1,8-20H2,2-7H3,(H,55,56)/t22?,23-,24?,25?,26-,27-,28+,29?,30+,31+,32?,33?,34?,35?,36?,37-,38-,41-,42-,43?,44?/m0/s1. The van der Waals surface area contributed by atoms with E-state index in [0.29, 0.717) is 24.8 Å². The van der Waals surface area contributed by atoms with Crippen LogP contribution in [0.4, 0.5) is 0 Å². The summed E-state index contributed by atoms with van der Waals surface area (Å²) in [5, 5.41) is 116. The molecular weight excluding hydrogens is 816 g/mol. The van der Waals surface area contributed by atoms with E-state index >= 15 is 0 Å². The predicted molar refractivity (Wildman–Crippen MR) is 217 cm³/mol. The highest BCUT2D eigenvalue weighted by atomic mass is 16.7. The lowest BCUT2D eigenvalue weighted by Crippen LogP contribution is -2.69. The molecule has 4 aliphatic heterocycles. The first-order chi connectivity index (χ1) is 29.0. The van der Waals surface area contributed by atoms with E-state index in [9.17, 15) is 61.0 Å². The Hall–Kier alpha value is -1.43. The van der Waals surface area contributed by atoms with Crippen LogP contribution >= 0.6 is 0 Å². The molecule has 62 heavy (non-hydrogen) atoms. The minimum absolute atomic E-state index is 0.0112. The maximum atomic E-state index is 12.9. The zero-order valence-electron chi connectivity index (χ0n) is 37.0. The molecule has 7 fully saturated rings. The van der Waals surface area contributed by atoms with Gasteiger partial charge in [0.25, 0.3) is 0 Å². The highest BCUT2D eigenvalue weighted by Crippen LogP contribution is 2.71. The molecule has 7 aliphatic rings. The van der Waals surface area contributed by atoms with Crippen molar-refractivity contribution >= 4 is 5.97 Å². The molecular formula is C44H74O18. The van der Waals surface area contributed by atoms with Crippen LogP contribution in [0.1, 0.15) is 92.9 Å². The van der Waals surface area contributed by atoms with Crippen molar-refractivity contribution < 1.29 is 89.4 Å². The molecule has 0 aromatic heterocycles. The van der Waals surface area contributed by atoms with Crippen molar-refractivity contribution in [3.63, 3.8) is 0 Å². The lowest BCUT2D eigenvalue weighted by Gasteiger charge is -2.67. The van der Waals surface area contributed by atoms with Gasteiger partial charge >= 0.3 is 5.97 Å². The van der Waals surface area contributed by atoms with Gasteiger partial charge in [0.2, 0.25) is 0 Å². The van der Waals surface area contributed by atoms with Crippen molar-refractivity contribution in [1.82, 2.24) is 0 Å². The van der Waals surface area contributed by atoms with E-state index < -0.39 is 146 Å². The normalized spacial score (nSPS) is 49.5. The van der Waals surface area contributed by atoms with Crippen LogP contribution in [-0.4, -0.2) is 193 Å². The summed E-state index contributed by atoms with van der Waals surface area (Å²) in [5.41, 5.74) is -2.63. The van der Waals surface area contributed by atoms with Gasteiger partial charge in [-0.1, -0.05) is 46.3 Å². The monoisotopic (exact) mass is 890 g/mol. The molecule has 0 amide bonds. The minimum Gasteiger partial charge on any atom is -0.481 e. The van der Waals surface area contributed by atoms with Crippen molar-refractivity contribution in [3.05, 3.63) is 12.2 Å². The van der Waals surface area contributed by atoms with E-state index in [-0.39, 0.29) is 29.8 Å². The van der Waals surface area contributed by atoms with Gasteiger partial charge in [0.15, 0.2) is 6.29 Å². The summed E-state index contributed by atoms with van der Waals surface area (Å²) in [6.45, 7) is 14.2. The van der Waals surface area contributed by atoms with E-state index in [1.165, 1.54) is 0 Å². The second-order valence-corrected chi connectivity index (χ2v) is 20.6. The van der Waals surface area contributed by atoms with Crippen LogP contribution in [0.25, 0.3) is 0 Å². The minimum atomic E-state index is -1.78. The number of ether oxygens (including phenoxy) is 6. The molecule has 21 atom stereocenters. The Morgan fingerprint density at radius 1 is 0.742 bits per heavy atom. The van der Waals surface area contributed by atoms with Crippen LogP contribution in [-0.2, 0) is 33.2 Å². The number of hydrogen-bond donors (Lipinski definition) is 11. The van der Waals surface area contributed by atoms with Crippen LogP contribution in [0.5, 0.6) is 0 Å². The highest BCUT2D eigenvalue weighted by Gasteiger charge is 2.68. The molecule has 3 aliphatic carbocycles. The fourth-order valence-electron chi connectivity index (χ4n) is 12.5. The summed E-state index contributed by atoms with van der Waals surface area (Å²) in [6, 6.07) is 0. The second kappa shape index (κ2) is 18.7. The third kappa shape index (κ3) is 8.34. The topological polar surface area (TPSA) is 295 Å². The first-order valence-electron chi connectivity index (χ1n) is 22.3. The Morgan fingerprint density at radius 3 is 1.94 bits per heavy atom. The van der Waals surface area contributed by atoms with Gasteiger partial charge in [-0.25, -0.2) is 0 Å². The number of carboxylic acids is 1. The number of hydrogen-bond acceptors (Lipinski definition) is 17. The Morgan fingerprint density at radius 2 is 1.35 bits per heavy atom. The quantitative estimate of drug-likeness (QED) is 0.0861. The number of carboxylic acid groups (broad SMARTS) is 1. The molecule has 4 heterocycles. The molecule has 2 bridgehead atoms. The van der Waals surface area contributed by atoms with Crippen molar-refractivity contribution in [2.24, 2.45) is 33.5 Å². The van der Waals surface area contributed by atoms with Gasteiger partial charge in [0.1, 0.15) is 72.7 Å². The molecule has 358 valence electrons. The largest absolute Gasteiger partial charge is 0.481 e. The molecule has 7 rings (SSSR count). The number of aliphatic hydroxyl groups excluding tert-OH is 10. The van der Waals surface area contributed by atoms with Gasteiger partial charge in [-0.3, -0.25) is 4.79 Å². The van der Waals surface area contributed by atoms with Gasteiger partial charge < -0.3 is 84.6 Å². The number of rotatable bonds is 16. The number of carbonyl (C=O) groups is 1. The number of fused-ring (bicyclic) bond motifs is 4. The molecule has 11 N–H and O–H groups in total. The van der Waals surface area contributed by atoms with Crippen molar-refractivity contribution in [3.8, 4) is 0 Å². The van der Waals surface area contributed by atoms with Crippen LogP contribution < -0.4 is 0 Å². The van der Waals surface area contributed by atoms with Gasteiger partial charge in [0.05, 0.1) is 56.8 Å². The van der Waals surface area contributed by atoms with Crippen LogP contribution in [0.2, 0.25) is 0 Å². The van der Waals surface area contributed by atoms with Gasteiger partial charge in [0, 0.05) is 5.92 Å². The average molecular weight is 891 g/mol. The summed E-state index contributed by atoms with van der Waals surface area (Å²) in [7, 11) is 0. The number of aliphatic hydroxyl groups is 10. The van der Waals surface area contributed by atoms with E-state index in [4.69, 9.17) is 28.4 Å². The van der Waals surface area contributed by atoms with Crippen LogP contribution in [0.3, 0.4) is 0 Å². The smallest absolute Gasteiger partial charge is 0.309 e. The van der Waals surface area contributed by atoms with E-state index in [1.807, 2.05) is 13.8 Å². The lowest BCUT2D eigenvalue weighted by molar-refractivity contribution is -0.330. The zero-order chi connectivity index (χ0) is 45.9. The maximum absolute atomic E-state index is 12.9.